The van der Waals surface area contributed by atoms with Crippen molar-refractivity contribution in [3.05, 3.63) is 0 Å². The molecule has 2 heteroatoms. The van der Waals surface area contributed by atoms with E-state index in [1.54, 1.807) is 0 Å². The first-order chi connectivity index (χ1) is 7.61. The second kappa shape index (κ2) is 7.49. The van der Waals surface area contributed by atoms with Crippen LogP contribution in [-0.4, -0.2) is 16.1 Å². The van der Waals surface area contributed by atoms with Gasteiger partial charge in [0.1, 0.15) is 10.5 Å². The normalized spacial score (nSPS) is 13.3. The Morgan fingerprint density at radius 2 is 1.38 bits per heavy atom. The Bertz CT molecular complexity index is 163. The van der Waals surface area contributed by atoms with Gasteiger partial charge in [0, 0.05) is 0 Å². The molecule has 0 saturated heterocycles. The number of unbranched alkanes of at least 4 members (excludes halogenated alkanes) is 1. The predicted molar refractivity (Wildman–Crippen MR) is 76.9 cm³/mol. The Balaban J connectivity index is 5.09. The average molecular weight is 244 g/mol. The third-order valence-electron chi connectivity index (χ3n) is 4.86. The Morgan fingerprint density at radius 3 is 1.62 bits per heavy atom. The summed E-state index contributed by atoms with van der Waals surface area (Å²) >= 11 is 0. The lowest BCUT2D eigenvalue weighted by molar-refractivity contribution is -0.0766. The van der Waals surface area contributed by atoms with Gasteiger partial charge in [-0.1, -0.05) is 47.5 Å². The smallest absolute Gasteiger partial charge is 0.146 e. The molecule has 16 heavy (non-hydrogen) atoms. The van der Waals surface area contributed by atoms with Gasteiger partial charge in [0.25, 0.3) is 0 Å². The van der Waals surface area contributed by atoms with Crippen molar-refractivity contribution in [3.8, 4) is 0 Å². The highest BCUT2D eigenvalue weighted by Gasteiger charge is 2.45. The summed E-state index contributed by atoms with van der Waals surface area (Å²) in [5, 5.41) is 0. The van der Waals surface area contributed by atoms with Crippen molar-refractivity contribution >= 4 is 10.5 Å². The van der Waals surface area contributed by atoms with Crippen molar-refractivity contribution in [1.29, 1.82) is 0 Å². The first-order valence-corrected chi connectivity index (χ1v) is 7.98. The van der Waals surface area contributed by atoms with Crippen LogP contribution in [0.25, 0.3) is 0 Å². The maximum absolute atomic E-state index is 6.12. The molecule has 0 saturated carbocycles. The molecule has 0 aliphatic heterocycles. The van der Waals surface area contributed by atoms with Gasteiger partial charge >= 0.3 is 0 Å². The third kappa shape index (κ3) is 2.89. The summed E-state index contributed by atoms with van der Waals surface area (Å²) in [6, 6.07) is 0. The maximum Gasteiger partial charge on any atom is 0.146 e. The van der Waals surface area contributed by atoms with Crippen LogP contribution >= 0.6 is 0 Å². The molecule has 0 aromatic rings. The van der Waals surface area contributed by atoms with E-state index in [2.05, 4.69) is 34.6 Å². The van der Waals surface area contributed by atoms with E-state index in [0.717, 1.165) is 10.5 Å². The van der Waals surface area contributed by atoms with E-state index in [4.69, 9.17) is 4.43 Å². The van der Waals surface area contributed by atoms with E-state index in [9.17, 15) is 0 Å². The maximum atomic E-state index is 6.12. The molecule has 0 amide bonds. The van der Waals surface area contributed by atoms with Crippen molar-refractivity contribution in [1.82, 2.24) is 0 Å². The van der Waals surface area contributed by atoms with Crippen LogP contribution in [0.15, 0.2) is 0 Å². The quantitative estimate of drug-likeness (QED) is 0.560. The minimum absolute atomic E-state index is 0.151. The van der Waals surface area contributed by atoms with Crippen molar-refractivity contribution in [3.63, 3.8) is 0 Å². The van der Waals surface area contributed by atoms with Gasteiger partial charge in [0.05, 0.1) is 5.60 Å². The minimum Gasteiger partial charge on any atom is -0.422 e. The lowest BCUT2D eigenvalue weighted by Crippen LogP contribution is -2.49. The van der Waals surface area contributed by atoms with Gasteiger partial charge in [-0.25, -0.2) is 0 Å². The molecular formula is C14H32OSi. The zero-order chi connectivity index (χ0) is 12.7. The molecule has 0 bridgehead atoms. The minimum atomic E-state index is 0.151. The van der Waals surface area contributed by atoms with Gasteiger partial charge in [-0.3, -0.25) is 0 Å². The summed E-state index contributed by atoms with van der Waals surface area (Å²) < 4.78 is 6.12. The molecule has 0 aromatic heterocycles. The van der Waals surface area contributed by atoms with Crippen LogP contribution in [0.1, 0.15) is 79.6 Å². The van der Waals surface area contributed by atoms with E-state index in [1.807, 2.05) is 0 Å². The highest BCUT2D eigenvalue weighted by atomic mass is 28.2. The average Bonchev–Trinajstić information content (AvgIpc) is 2.35. The predicted octanol–water partition coefficient (Wildman–Crippen LogP) is 3.84. The van der Waals surface area contributed by atoms with Crippen LogP contribution in [0.5, 0.6) is 0 Å². The molecule has 0 aliphatic carbocycles. The van der Waals surface area contributed by atoms with Gasteiger partial charge < -0.3 is 4.43 Å². The molecular weight excluding hydrogens is 212 g/mol. The van der Waals surface area contributed by atoms with Crippen molar-refractivity contribution < 1.29 is 4.43 Å². The van der Waals surface area contributed by atoms with Crippen molar-refractivity contribution in [2.75, 3.05) is 0 Å². The third-order valence-corrected chi connectivity index (χ3v) is 5.64. The molecule has 0 rings (SSSR count). The Labute approximate surface area is 106 Å². The lowest BCUT2D eigenvalue weighted by atomic mass is 9.63. The monoisotopic (exact) mass is 244 g/mol. The van der Waals surface area contributed by atoms with Gasteiger partial charge in [-0.2, -0.15) is 0 Å². The molecule has 98 valence electrons. The molecule has 0 spiro atoms. The fourth-order valence-electron chi connectivity index (χ4n) is 3.50. The topological polar surface area (TPSA) is 9.23 Å². The lowest BCUT2D eigenvalue weighted by Gasteiger charge is -2.50. The molecule has 1 nitrogen and oxygen atoms in total. The highest BCUT2D eigenvalue weighted by Crippen LogP contribution is 2.48. The van der Waals surface area contributed by atoms with Gasteiger partial charge in [-0.15, -0.1) is 0 Å². The van der Waals surface area contributed by atoms with E-state index in [1.165, 1.54) is 44.9 Å². The standard InChI is InChI=1S/C14H32OSi/c1-6-11-12-13(7-2,8-3)14(9-4,10-5)15-16/h6-12H2,1-5,16H3. The van der Waals surface area contributed by atoms with Gasteiger partial charge in [0.2, 0.25) is 0 Å². The SMILES string of the molecule is CCCCC(CC)(CC)C(CC)(CC)O[SiH3]. The Hall–Kier alpha value is 0.177. The van der Waals surface area contributed by atoms with E-state index < -0.39 is 0 Å². The molecule has 0 radical (unpaired) electrons. The number of hydrogen-bond donors (Lipinski definition) is 0. The van der Waals surface area contributed by atoms with E-state index in [0.29, 0.717) is 5.41 Å². The molecule has 0 N–H and O–H groups in total. The summed E-state index contributed by atoms with van der Waals surface area (Å²) in [7, 11) is 0.864. The van der Waals surface area contributed by atoms with E-state index >= 15 is 0 Å². The van der Waals surface area contributed by atoms with Crippen LogP contribution in [0.4, 0.5) is 0 Å². The first kappa shape index (κ1) is 16.2. The highest BCUT2D eigenvalue weighted by molar-refractivity contribution is 5.98. The van der Waals surface area contributed by atoms with Crippen molar-refractivity contribution in [2.45, 2.75) is 85.2 Å². The molecule has 0 unspecified atom stereocenters. The van der Waals surface area contributed by atoms with Crippen LogP contribution in [-0.2, 0) is 4.43 Å². The van der Waals surface area contributed by atoms with Crippen LogP contribution in [0.2, 0.25) is 0 Å². The van der Waals surface area contributed by atoms with E-state index in [-0.39, 0.29) is 5.60 Å². The molecule has 0 heterocycles. The fourth-order valence-corrected chi connectivity index (χ4v) is 4.51. The van der Waals surface area contributed by atoms with Crippen LogP contribution < -0.4 is 0 Å². The van der Waals surface area contributed by atoms with Crippen molar-refractivity contribution in [2.24, 2.45) is 5.41 Å². The summed E-state index contributed by atoms with van der Waals surface area (Å²) in [5.74, 6) is 0. The number of hydrogen-bond acceptors (Lipinski definition) is 1. The Kier molecular flexibility index (Phi) is 7.58. The van der Waals surface area contributed by atoms with Gasteiger partial charge in [-0.05, 0) is 37.5 Å². The molecule has 0 fully saturated rings. The second-order valence-electron chi connectivity index (χ2n) is 5.00. The summed E-state index contributed by atoms with van der Waals surface area (Å²) in [6.45, 7) is 11.6. The largest absolute Gasteiger partial charge is 0.422 e. The zero-order valence-corrected chi connectivity index (χ0v) is 14.4. The van der Waals surface area contributed by atoms with Crippen LogP contribution in [0.3, 0.4) is 0 Å². The molecule has 0 aliphatic rings. The summed E-state index contributed by atoms with van der Waals surface area (Å²) in [4.78, 5) is 0. The summed E-state index contributed by atoms with van der Waals surface area (Å²) in [5.41, 5.74) is 0.562. The molecule has 0 aromatic carbocycles. The zero-order valence-electron chi connectivity index (χ0n) is 12.4. The first-order valence-electron chi connectivity index (χ1n) is 7.17. The number of rotatable bonds is 9. The molecule has 0 atom stereocenters. The Morgan fingerprint density at radius 1 is 0.875 bits per heavy atom. The van der Waals surface area contributed by atoms with Crippen LogP contribution in [0, 0.1) is 5.41 Å². The van der Waals surface area contributed by atoms with Gasteiger partial charge in [0.15, 0.2) is 0 Å². The second-order valence-corrected chi connectivity index (χ2v) is 5.40. The fraction of sp³-hybridized carbons (Fsp3) is 1.00. The summed E-state index contributed by atoms with van der Waals surface area (Å²) in [6.07, 6.45) is 8.82.